The lowest BCUT2D eigenvalue weighted by Crippen LogP contribution is -2.51. The van der Waals surface area contributed by atoms with E-state index in [2.05, 4.69) is 5.32 Å². The van der Waals surface area contributed by atoms with Gasteiger partial charge in [0.1, 0.15) is 6.04 Å². The molecule has 0 fully saturated rings. The number of halogens is 3. The normalized spacial score (nSPS) is 12.0. The lowest BCUT2D eigenvalue weighted by molar-refractivity contribution is -0.139. The van der Waals surface area contributed by atoms with Gasteiger partial charge in [-0.1, -0.05) is 47.8 Å². The van der Waals surface area contributed by atoms with Crippen LogP contribution in [-0.2, 0) is 16.1 Å². The minimum atomic E-state index is -0.627. The highest BCUT2D eigenvalue weighted by molar-refractivity contribution is 8.00. The average Bonchev–Trinajstić information content (AvgIpc) is 2.68. The van der Waals surface area contributed by atoms with Crippen LogP contribution in [0.2, 0.25) is 15.1 Å². The predicted octanol–water partition coefficient (Wildman–Crippen LogP) is 6.07. The van der Waals surface area contributed by atoms with Crippen LogP contribution in [0.15, 0.2) is 47.4 Å². The van der Waals surface area contributed by atoms with Crippen LogP contribution in [0, 0.1) is 0 Å². The number of nitrogens with one attached hydrogen (secondary N) is 1. The summed E-state index contributed by atoms with van der Waals surface area (Å²) >= 11 is 20.0. The molecule has 0 bridgehead atoms. The molecule has 0 saturated carbocycles. The Labute approximate surface area is 197 Å². The van der Waals surface area contributed by atoms with Gasteiger partial charge in [-0.2, -0.15) is 0 Å². The van der Waals surface area contributed by atoms with Crippen LogP contribution in [-0.4, -0.2) is 34.6 Å². The number of thioether (sulfide) groups is 1. The summed E-state index contributed by atoms with van der Waals surface area (Å²) in [6.45, 7) is 5.81. The van der Waals surface area contributed by atoms with Gasteiger partial charge in [-0.15, -0.1) is 11.8 Å². The van der Waals surface area contributed by atoms with E-state index < -0.39 is 6.04 Å². The van der Waals surface area contributed by atoms with Crippen LogP contribution in [0.5, 0.6) is 0 Å². The van der Waals surface area contributed by atoms with Gasteiger partial charge in [-0.25, -0.2) is 0 Å². The van der Waals surface area contributed by atoms with Crippen LogP contribution in [0.25, 0.3) is 0 Å². The van der Waals surface area contributed by atoms with Gasteiger partial charge in [-0.3, -0.25) is 9.59 Å². The Morgan fingerprint density at radius 1 is 1.03 bits per heavy atom. The molecule has 2 amide bonds. The largest absolute Gasteiger partial charge is 0.352 e. The highest BCUT2D eigenvalue weighted by Gasteiger charge is 2.30. The smallest absolute Gasteiger partial charge is 0.243 e. The molecular formula is C22H25Cl3N2O2S. The van der Waals surface area contributed by atoms with E-state index in [1.54, 1.807) is 35.2 Å². The van der Waals surface area contributed by atoms with Gasteiger partial charge < -0.3 is 10.2 Å². The molecule has 8 heteroatoms. The molecular weight excluding hydrogens is 463 g/mol. The fourth-order valence-corrected chi connectivity index (χ4v) is 4.34. The number of carbonyl (C=O) groups is 2. The molecule has 0 unspecified atom stereocenters. The molecule has 0 aliphatic carbocycles. The minimum Gasteiger partial charge on any atom is -0.352 e. The summed E-state index contributed by atoms with van der Waals surface area (Å²) in [5.74, 6) is -0.188. The van der Waals surface area contributed by atoms with Crippen LogP contribution >= 0.6 is 46.6 Å². The average molecular weight is 488 g/mol. The van der Waals surface area contributed by atoms with Crippen molar-refractivity contribution in [3.8, 4) is 0 Å². The molecule has 0 spiro atoms. The van der Waals surface area contributed by atoms with Crippen molar-refractivity contribution in [3.05, 3.63) is 63.1 Å². The van der Waals surface area contributed by atoms with Gasteiger partial charge in [0, 0.05) is 38.1 Å². The number of hydrogen-bond donors (Lipinski definition) is 1. The Morgan fingerprint density at radius 2 is 1.63 bits per heavy atom. The van der Waals surface area contributed by atoms with Crippen molar-refractivity contribution in [1.29, 1.82) is 0 Å². The summed E-state index contributed by atoms with van der Waals surface area (Å²) in [6.07, 6.45) is 0.470. The Morgan fingerprint density at radius 3 is 2.17 bits per heavy atom. The molecule has 0 radical (unpaired) electrons. The summed E-state index contributed by atoms with van der Waals surface area (Å²) in [5, 5.41) is 4.47. The highest BCUT2D eigenvalue weighted by atomic mass is 35.5. The van der Waals surface area contributed by atoms with Gasteiger partial charge in [0.05, 0.1) is 5.75 Å². The quantitative estimate of drug-likeness (QED) is 0.437. The monoisotopic (exact) mass is 486 g/mol. The standard InChI is InChI=1S/C22H25Cl3N2O2S/c1-4-20(22(29)26-14(2)3)27(12-17-18(24)6-5-7-19(17)25)21(28)13-30-16-10-8-15(23)9-11-16/h5-11,14,20H,4,12-13H2,1-3H3,(H,26,29)/t20-/m1/s1. The lowest BCUT2D eigenvalue weighted by Gasteiger charge is -2.31. The first-order valence-electron chi connectivity index (χ1n) is 9.64. The second-order valence-corrected chi connectivity index (χ2v) is 9.35. The molecule has 0 aliphatic heterocycles. The molecule has 0 aromatic heterocycles. The molecule has 162 valence electrons. The summed E-state index contributed by atoms with van der Waals surface area (Å²) in [4.78, 5) is 28.5. The molecule has 1 atom stereocenters. The first-order chi connectivity index (χ1) is 14.2. The number of carbonyl (C=O) groups excluding carboxylic acids is 2. The minimum absolute atomic E-state index is 0.0316. The SMILES string of the molecule is CC[C@H](C(=O)NC(C)C)N(Cc1c(Cl)cccc1Cl)C(=O)CSc1ccc(Cl)cc1. The van der Waals surface area contributed by atoms with E-state index in [9.17, 15) is 9.59 Å². The van der Waals surface area contributed by atoms with Gasteiger partial charge in [0.25, 0.3) is 0 Å². The third-order valence-electron chi connectivity index (χ3n) is 4.38. The first kappa shape index (κ1) is 24.9. The molecule has 0 saturated heterocycles. The molecule has 4 nitrogen and oxygen atoms in total. The molecule has 30 heavy (non-hydrogen) atoms. The Hall–Kier alpha value is -1.40. The van der Waals surface area contributed by atoms with E-state index in [1.165, 1.54) is 11.8 Å². The second-order valence-electron chi connectivity index (χ2n) is 7.05. The fourth-order valence-electron chi connectivity index (χ4n) is 2.91. The van der Waals surface area contributed by atoms with E-state index in [-0.39, 0.29) is 30.2 Å². The number of benzene rings is 2. The highest BCUT2D eigenvalue weighted by Crippen LogP contribution is 2.28. The fraction of sp³-hybridized carbons (Fsp3) is 0.364. The van der Waals surface area contributed by atoms with Gasteiger partial charge in [-0.05, 0) is 56.7 Å². The van der Waals surface area contributed by atoms with Crippen molar-refractivity contribution in [3.63, 3.8) is 0 Å². The lowest BCUT2D eigenvalue weighted by atomic mass is 10.1. The zero-order chi connectivity index (χ0) is 22.3. The number of amides is 2. The van der Waals surface area contributed by atoms with Gasteiger partial charge >= 0.3 is 0 Å². The van der Waals surface area contributed by atoms with E-state index in [0.29, 0.717) is 27.1 Å². The molecule has 2 aromatic carbocycles. The van der Waals surface area contributed by atoms with Crippen molar-refractivity contribution < 1.29 is 9.59 Å². The van der Waals surface area contributed by atoms with Crippen LogP contribution in [0.1, 0.15) is 32.8 Å². The zero-order valence-corrected chi connectivity index (χ0v) is 20.2. The van der Waals surface area contributed by atoms with Gasteiger partial charge in [0.15, 0.2) is 0 Å². The first-order valence-corrected chi connectivity index (χ1v) is 11.8. The Bertz CT molecular complexity index is 855. The molecule has 0 aliphatic rings. The Balaban J connectivity index is 2.27. The molecule has 1 N–H and O–H groups in total. The number of hydrogen-bond acceptors (Lipinski definition) is 3. The van der Waals surface area contributed by atoms with Crippen molar-refractivity contribution in [2.24, 2.45) is 0 Å². The van der Waals surface area contributed by atoms with E-state index in [4.69, 9.17) is 34.8 Å². The third kappa shape index (κ3) is 7.09. The van der Waals surface area contributed by atoms with Crippen molar-refractivity contribution in [2.45, 2.75) is 50.7 Å². The maximum atomic E-state index is 13.2. The number of nitrogens with zero attached hydrogens (tertiary/aromatic N) is 1. The van der Waals surface area contributed by atoms with E-state index in [1.807, 2.05) is 32.9 Å². The Kier molecular flexibility index (Phi) is 9.82. The topological polar surface area (TPSA) is 49.4 Å². The summed E-state index contributed by atoms with van der Waals surface area (Å²) in [6, 6.07) is 11.8. The summed E-state index contributed by atoms with van der Waals surface area (Å²) < 4.78 is 0. The van der Waals surface area contributed by atoms with Crippen LogP contribution in [0.3, 0.4) is 0 Å². The predicted molar refractivity (Wildman–Crippen MR) is 127 cm³/mol. The molecule has 0 heterocycles. The molecule has 2 rings (SSSR count). The maximum absolute atomic E-state index is 13.2. The van der Waals surface area contributed by atoms with Crippen LogP contribution in [0.4, 0.5) is 0 Å². The summed E-state index contributed by atoms with van der Waals surface area (Å²) in [5.41, 5.74) is 0.626. The van der Waals surface area contributed by atoms with E-state index in [0.717, 1.165) is 4.90 Å². The van der Waals surface area contributed by atoms with Crippen LogP contribution < -0.4 is 5.32 Å². The summed E-state index contributed by atoms with van der Waals surface area (Å²) in [7, 11) is 0. The van der Waals surface area contributed by atoms with Crippen molar-refractivity contribution >= 4 is 58.4 Å². The second kappa shape index (κ2) is 11.8. The molecule has 2 aromatic rings. The maximum Gasteiger partial charge on any atom is 0.243 e. The van der Waals surface area contributed by atoms with Crippen molar-refractivity contribution in [2.75, 3.05) is 5.75 Å². The zero-order valence-electron chi connectivity index (χ0n) is 17.1. The number of rotatable bonds is 9. The van der Waals surface area contributed by atoms with E-state index >= 15 is 0 Å². The third-order valence-corrected chi connectivity index (χ3v) is 6.34. The van der Waals surface area contributed by atoms with Crippen molar-refractivity contribution in [1.82, 2.24) is 10.2 Å². The van der Waals surface area contributed by atoms with Gasteiger partial charge in [0.2, 0.25) is 11.8 Å².